The molecule has 0 aliphatic heterocycles. The van der Waals surface area contributed by atoms with Gasteiger partial charge in [0.2, 0.25) is 11.9 Å². The lowest BCUT2D eigenvalue weighted by Gasteiger charge is -2.29. The SMILES string of the molecule is CN(C)c1ccnc(N[C@H]2CC[C@@H](NC(=O)Cc3c(-c4ccccc4)[nH]c4ccccc34)CC2)n1. The Morgan fingerprint density at radius 3 is 2.46 bits per heavy atom. The van der Waals surface area contributed by atoms with Gasteiger partial charge < -0.3 is 20.5 Å². The highest BCUT2D eigenvalue weighted by Crippen LogP contribution is 2.31. The van der Waals surface area contributed by atoms with Crippen molar-refractivity contribution in [2.75, 3.05) is 24.3 Å². The van der Waals surface area contributed by atoms with Crippen LogP contribution in [0.1, 0.15) is 31.2 Å². The molecule has 1 amide bonds. The van der Waals surface area contributed by atoms with Crippen molar-refractivity contribution in [3.05, 3.63) is 72.4 Å². The number of carbonyl (C=O) groups excluding carboxylic acids is 1. The molecule has 0 unspecified atom stereocenters. The van der Waals surface area contributed by atoms with E-state index in [9.17, 15) is 4.79 Å². The zero-order valence-electron chi connectivity index (χ0n) is 20.3. The number of aromatic amines is 1. The molecule has 0 spiro atoms. The fourth-order valence-electron chi connectivity index (χ4n) is 4.91. The van der Waals surface area contributed by atoms with Gasteiger partial charge in [-0.15, -0.1) is 0 Å². The van der Waals surface area contributed by atoms with E-state index in [0.717, 1.165) is 59.2 Å². The Kier molecular flexibility index (Phi) is 6.66. The van der Waals surface area contributed by atoms with Gasteiger partial charge in [-0.2, -0.15) is 4.98 Å². The molecule has 7 nitrogen and oxygen atoms in total. The number of benzene rings is 2. The summed E-state index contributed by atoms with van der Waals surface area (Å²) < 4.78 is 0. The number of hydrogen-bond acceptors (Lipinski definition) is 5. The topological polar surface area (TPSA) is 85.9 Å². The average Bonchev–Trinajstić information content (AvgIpc) is 3.24. The van der Waals surface area contributed by atoms with Gasteiger partial charge in [0.1, 0.15) is 5.82 Å². The number of H-pyrrole nitrogens is 1. The van der Waals surface area contributed by atoms with Crippen LogP contribution in [0.4, 0.5) is 11.8 Å². The van der Waals surface area contributed by atoms with Crippen LogP contribution in [0.5, 0.6) is 0 Å². The third-order valence-corrected chi connectivity index (χ3v) is 6.74. The molecule has 0 bridgehead atoms. The van der Waals surface area contributed by atoms with Gasteiger partial charge in [0.05, 0.1) is 12.1 Å². The van der Waals surface area contributed by atoms with E-state index < -0.39 is 0 Å². The van der Waals surface area contributed by atoms with Crippen molar-refractivity contribution in [2.24, 2.45) is 0 Å². The predicted molar refractivity (Wildman–Crippen MR) is 142 cm³/mol. The summed E-state index contributed by atoms with van der Waals surface area (Å²) in [7, 11) is 3.94. The number of hydrogen-bond donors (Lipinski definition) is 3. The Balaban J connectivity index is 1.21. The van der Waals surface area contributed by atoms with Gasteiger partial charge >= 0.3 is 0 Å². The van der Waals surface area contributed by atoms with Gasteiger partial charge in [0, 0.05) is 43.3 Å². The molecule has 0 atom stereocenters. The molecule has 0 saturated heterocycles. The Labute approximate surface area is 206 Å². The largest absolute Gasteiger partial charge is 0.363 e. The van der Waals surface area contributed by atoms with E-state index in [-0.39, 0.29) is 11.9 Å². The number of fused-ring (bicyclic) bond motifs is 1. The van der Waals surface area contributed by atoms with Crippen LogP contribution in [-0.2, 0) is 11.2 Å². The van der Waals surface area contributed by atoms with Crippen LogP contribution in [0.2, 0.25) is 0 Å². The normalized spacial score (nSPS) is 17.8. The molecule has 3 N–H and O–H groups in total. The molecule has 1 aliphatic carbocycles. The molecule has 0 radical (unpaired) electrons. The van der Waals surface area contributed by atoms with E-state index in [0.29, 0.717) is 18.4 Å². The van der Waals surface area contributed by atoms with Crippen LogP contribution < -0.4 is 15.5 Å². The number of rotatable bonds is 7. The first-order valence-electron chi connectivity index (χ1n) is 12.3. The molecule has 1 fully saturated rings. The Hall–Kier alpha value is -3.87. The van der Waals surface area contributed by atoms with E-state index in [1.807, 2.05) is 55.4 Å². The van der Waals surface area contributed by atoms with Crippen molar-refractivity contribution in [3.63, 3.8) is 0 Å². The van der Waals surface area contributed by atoms with Gasteiger partial charge in [-0.05, 0) is 48.9 Å². The summed E-state index contributed by atoms with van der Waals surface area (Å²) in [4.78, 5) is 27.5. The van der Waals surface area contributed by atoms with Crippen molar-refractivity contribution >= 4 is 28.6 Å². The maximum Gasteiger partial charge on any atom is 0.224 e. The summed E-state index contributed by atoms with van der Waals surface area (Å²) in [5.41, 5.74) is 4.23. The minimum absolute atomic E-state index is 0.0744. The van der Waals surface area contributed by atoms with Crippen LogP contribution >= 0.6 is 0 Å². The maximum absolute atomic E-state index is 13.1. The quantitative estimate of drug-likeness (QED) is 0.364. The summed E-state index contributed by atoms with van der Waals surface area (Å²) in [5.74, 6) is 1.62. The number of anilines is 2. The predicted octanol–water partition coefficient (Wildman–Crippen LogP) is 4.77. The highest BCUT2D eigenvalue weighted by Gasteiger charge is 2.24. The molecular formula is C28H32N6O. The third-order valence-electron chi connectivity index (χ3n) is 6.74. The van der Waals surface area contributed by atoms with Gasteiger partial charge in [0.25, 0.3) is 0 Å². The van der Waals surface area contributed by atoms with E-state index in [1.165, 1.54) is 0 Å². The first kappa shape index (κ1) is 22.9. The summed E-state index contributed by atoms with van der Waals surface area (Å²) in [6.07, 6.45) is 5.97. The maximum atomic E-state index is 13.1. The van der Waals surface area contributed by atoms with Crippen molar-refractivity contribution in [2.45, 2.75) is 44.2 Å². The Morgan fingerprint density at radius 1 is 0.971 bits per heavy atom. The van der Waals surface area contributed by atoms with Crippen LogP contribution in [-0.4, -0.2) is 47.0 Å². The molecule has 1 saturated carbocycles. The molecular weight excluding hydrogens is 436 g/mol. The second kappa shape index (κ2) is 10.2. The molecule has 2 aromatic carbocycles. The molecule has 180 valence electrons. The number of aromatic nitrogens is 3. The number of para-hydroxylation sites is 1. The Morgan fingerprint density at radius 2 is 1.69 bits per heavy atom. The fraction of sp³-hybridized carbons (Fsp3) is 0.321. The number of nitrogens with zero attached hydrogens (tertiary/aromatic N) is 3. The summed E-state index contributed by atoms with van der Waals surface area (Å²) in [6, 6.07) is 20.8. The summed E-state index contributed by atoms with van der Waals surface area (Å²) in [5, 5.41) is 7.86. The molecule has 1 aliphatic rings. The molecule has 2 aromatic heterocycles. The van der Waals surface area contributed by atoms with Crippen LogP contribution in [0.3, 0.4) is 0 Å². The van der Waals surface area contributed by atoms with Gasteiger partial charge in [0.15, 0.2) is 0 Å². The minimum Gasteiger partial charge on any atom is -0.363 e. The minimum atomic E-state index is 0.0744. The first-order valence-corrected chi connectivity index (χ1v) is 12.3. The second-order valence-electron chi connectivity index (χ2n) is 9.46. The van der Waals surface area contributed by atoms with E-state index in [4.69, 9.17) is 0 Å². The number of nitrogens with one attached hydrogen (secondary N) is 3. The zero-order chi connectivity index (χ0) is 24.2. The van der Waals surface area contributed by atoms with Crippen LogP contribution in [0, 0.1) is 0 Å². The van der Waals surface area contributed by atoms with Crippen LogP contribution in [0.25, 0.3) is 22.2 Å². The third kappa shape index (κ3) is 5.29. The molecule has 2 heterocycles. The first-order chi connectivity index (χ1) is 17.1. The lowest BCUT2D eigenvalue weighted by molar-refractivity contribution is -0.121. The van der Waals surface area contributed by atoms with Gasteiger partial charge in [-0.25, -0.2) is 4.98 Å². The van der Waals surface area contributed by atoms with Gasteiger partial charge in [-0.3, -0.25) is 4.79 Å². The van der Waals surface area contributed by atoms with Crippen LogP contribution in [0.15, 0.2) is 66.9 Å². The second-order valence-corrected chi connectivity index (χ2v) is 9.46. The standard InChI is InChI=1S/C28H32N6O/c1-34(2)25-16-17-29-28(33-25)31-21-14-12-20(13-15-21)30-26(35)18-23-22-10-6-7-11-24(22)32-27(23)19-8-4-3-5-9-19/h3-11,16-17,20-21,32H,12-15,18H2,1-2H3,(H,30,35)(H,29,31,33)/t20-,21+. The molecule has 5 rings (SSSR count). The lowest BCUT2D eigenvalue weighted by atomic mass is 9.91. The highest BCUT2D eigenvalue weighted by molar-refractivity contribution is 5.95. The molecule has 4 aromatic rings. The van der Waals surface area contributed by atoms with E-state index >= 15 is 0 Å². The fourth-order valence-corrected chi connectivity index (χ4v) is 4.91. The number of carbonyl (C=O) groups is 1. The smallest absolute Gasteiger partial charge is 0.224 e. The summed E-state index contributed by atoms with van der Waals surface area (Å²) in [6.45, 7) is 0. The monoisotopic (exact) mass is 468 g/mol. The van der Waals surface area contributed by atoms with Crippen molar-refractivity contribution in [1.82, 2.24) is 20.3 Å². The number of amides is 1. The zero-order valence-corrected chi connectivity index (χ0v) is 20.3. The van der Waals surface area contributed by atoms with Crippen molar-refractivity contribution < 1.29 is 4.79 Å². The molecule has 7 heteroatoms. The van der Waals surface area contributed by atoms with E-state index in [2.05, 4.69) is 49.9 Å². The highest BCUT2D eigenvalue weighted by atomic mass is 16.1. The van der Waals surface area contributed by atoms with Crippen molar-refractivity contribution in [3.8, 4) is 11.3 Å². The van der Waals surface area contributed by atoms with Gasteiger partial charge in [-0.1, -0.05) is 48.5 Å². The summed E-state index contributed by atoms with van der Waals surface area (Å²) >= 11 is 0. The van der Waals surface area contributed by atoms with Crippen molar-refractivity contribution in [1.29, 1.82) is 0 Å². The molecule has 35 heavy (non-hydrogen) atoms. The lowest BCUT2D eigenvalue weighted by Crippen LogP contribution is -2.41. The van der Waals surface area contributed by atoms with E-state index in [1.54, 1.807) is 6.20 Å². The Bertz CT molecular complexity index is 1290. The average molecular weight is 469 g/mol.